The third-order valence-corrected chi connectivity index (χ3v) is 11.5. The van der Waals surface area contributed by atoms with Gasteiger partial charge in [-0.2, -0.15) is 0 Å². The summed E-state index contributed by atoms with van der Waals surface area (Å²) >= 11 is 0. The number of rotatable bonds is 5. The second kappa shape index (κ2) is 12.5. The Hall–Kier alpha value is -7.16. The Kier molecular flexibility index (Phi) is 7.11. The van der Waals surface area contributed by atoms with Crippen LogP contribution < -0.4 is 9.64 Å². The predicted octanol–water partition coefficient (Wildman–Crippen LogP) is 14.1. The van der Waals surface area contributed by atoms with Crippen LogP contribution in [0.25, 0.3) is 44.2 Å². The van der Waals surface area contributed by atoms with Crippen LogP contribution in [-0.4, -0.2) is 0 Å². The SMILES string of the molecule is c1ccc(-c2ccc(N(c3ccc(-c4ccccc4)cc3)c3cccc4c3C3(c5ccccc5Oc5cc6ccccc6cc53)c3ccccc3-4)cc2)cc1. The second-order valence-electron chi connectivity index (χ2n) is 14.5. The molecule has 1 atom stereocenters. The molecule has 0 aromatic heterocycles. The van der Waals surface area contributed by atoms with Gasteiger partial charge in [-0.15, -0.1) is 0 Å². The summed E-state index contributed by atoms with van der Waals surface area (Å²) in [7, 11) is 0. The summed E-state index contributed by atoms with van der Waals surface area (Å²) in [4.78, 5) is 2.45. The van der Waals surface area contributed by atoms with Crippen molar-refractivity contribution in [3.8, 4) is 44.9 Å². The molecule has 1 spiro atoms. The van der Waals surface area contributed by atoms with Gasteiger partial charge in [-0.25, -0.2) is 0 Å². The molecule has 0 bridgehead atoms. The van der Waals surface area contributed by atoms with Crippen molar-refractivity contribution in [2.75, 3.05) is 4.90 Å². The van der Waals surface area contributed by atoms with Crippen LogP contribution in [-0.2, 0) is 5.41 Å². The second-order valence-corrected chi connectivity index (χ2v) is 14.5. The van der Waals surface area contributed by atoms with E-state index in [1.165, 1.54) is 49.9 Å². The van der Waals surface area contributed by atoms with Crippen LogP contribution >= 0.6 is 0 Å². The normalized spacial score (nSPS) is 14.8. The summed E-state index contributed by atoms with van der Waals surface area (Å²) in [6.07, 6.45) is 0. The first-order valence-corrected chi connectivity index (χ1v) is 18.9. The monoisotopic (exact) mass is 701 g/mol. The van der Waals surface area contributed by atoms with Crippen molar-refractivity contribution in [1.82, 2.24) is 0 Å². The summed E-state index contributed by atoms with van der Waals surface area (Å²) < 4.78 is 6.87. The van der Waals surface area contributed by atoms with E-state index in [-0.39, 0.29) is 0 Å². The molecular formula is C53H35NO. The maximum absolute atomic E-state index is 6.87. The van der Waals surface area contributed by atoms with Crippen molar-refractivity contribution in [3.63, 3.8) is 0 Å². The van der Waals surface area contributed by atoms with E-state index in [4.69, 9.17) is 4.74 Å². The molecule has 1 unspecified atom stereocenters. The average molecular weight is 702 g/mol. The number of hydrogen-bond donors (Lipinski definition) is 0. The van der Waals surface area contributed by atoms with E-state index >= 15 is 0 Å². The number of hydrogen-bond acceptors (Lipinski definition) is 2. The molecule has 0 amide bonds. The number of fused-ring (bicyclic) bond motifs is 10. The lowest BCUT2D eigenvalue weighted by Crippen LogP contribution is -2.33. The molecule has 9 aromatic rings. The summed E-state index contributed by atoms with van der Waals surface area (Å²) in [5, 5.41) is 2.35. The van der Waals surface area contributed by atoms with E-state index in [0.717, 1.165) is 45.1 Å². The lowest BCUT2D eigenvalue weighted by Gasteiger charge is -2.41. The number of anilines is 3. The van der Waals surface area contributed by atoms with Gasteiger partial charge in [0, 0.05) is 28.1 Å². The predicted molar refractivity (Wildman–Crippen MR) is 227 cm³/mol. The Bertz CT molecular complexity index is 2800. The fourth-order valence-electron chi connectivity index (χ4n) is 9.10. The van der Waals surface area contributed by atoms with E-state index < -0.39 is 5.41 Å². The molecule has 2 heteroatoms. The summed E-state index contributed by atoms with van der Waals surface area (Å²) in [5.74, 6) is 1.77. The van der Waals surface area contributed by atoms with Crippen molar-refractivity contribution >= 4 is 27.8 Å². The Morgan fingerprint density at radius 2 is 0.855 bits per heavy atom. The maximum atomic E-state index is 6.87. The van der Waals surface area contributed by atoms with Gasteiger partial charge in [0.1, 0.15) is 11.5 Å². The van der Waals surface area contributed by atoms with Crippen molar-refractivity contribution < 1.29 is 4.74 Å². The summed E-state index contributed by atoms with van der Waals surface area (Å²) in [5.41, 5.74) is 14.7. The van der Waals surface area contributed by atoms with Gasteiger partial charge in [-0.3, -0.25) is 0 Å². The molecule has 2 aliphatic rings. The van der Waals surface area contributed by atoms with Crippen molar-refractivity contribution in [2.45, 2.75) is 5.41 Å². The zero-order valence-electron chi connectivity index (χ0n) is 30.1. The first kappa shape index (κ1) is 31.4. The standard InChI is InChI=1S/C53H35NO/c1-3-14-36(15-4-1)38-26-30-42(31-27-38)54(43-32-28-39(29-33-43)37-16-5-2-6-17-37)49-24-13-21-45-44-20-9-10-22-46(44)53(52(45)49)47-23-11-12-25-50(47)55-51-35-41-19-8-7-18-40(41)34-48(51)53/h1-35H. The lowest BCUT2D eigenvalue weighted by molar-refractivity contribution is 0.437. The topological polar surface area (TPSA) is 12.5 Å². The van der Waals surface area contributed by atoms with Crippen LogP contribution in [0.15, 0.2) is 212 Å². The van der Waals surface area contributed by atoms with Gasteiger partial charge in [0.15, 0.2) is 0 Å². The minimum Gasteiger partial charge on any atom is -0.457 e. The molecule has 0 radical (unpaired) electrons. The van der Waals surface area contributed by atoms with Crippen LogP contribution in [0.3, 0.4) is 0 Å². The molecule has 9 aromatic carbocycles. The van der Waals surface area contributed by atoms with Crippen molar-refractivity contribution in [1.29, 1.82) is 0 Å². The zero-order chi connectivity index (χ0) is 36.3. The molecule has 1 aliphatic heterocycles. The molecule has 0 N–H and O–H groups in total. The minimum atomic E-state index is -0.650. The quantitative estimate of drug-likeness (QED) is 0.177. The molecule has 0 saturated carbocycles. The van der Waals surface area contributed by atoms with Gasteiger partial charge < -0.3 is 9.64 Å². The molecule has 11 rings (SSSR count). The van der Waals surface area contributed by atoms with Gasteiger partial charge in [0.05, 0.1) is 11.1 Å². The smallest absolute Gasteiger partial charge is 0.132 e. The van der Waals surface area contributed by atoms with Crippen LogP contribution in [0.4, 0.5) is 17.1 Å². The van der Waals surface area contributed by atoms with E-state index in [1.54, 1.807) is 0 Å². The highest BCUT2D eigenvalue weighted by atomic mass is 16.5. The highest BCUT2D eigenvalue weighted by molar-refractivity contribution is 5.97. The molecule has 1 aliphatic carbocycles. The fraction of sp³-hybridized carbons (Fsp3) is 0.0189. The average Bonchev–Trinajstić information content (AvgIpc) is 3.56. The third kappa shape index (κ3) is 4.82. The molecular weight excluding hydrogens is 667 g/mol. The minimum absolute atomic E-state index is 0.650. The molecule has 0 fully saturated rings. The number of nitrogens with zero attached hydrogens (tertiary/aromatic N) is 1. The zero-order valence-corrected chi connectivity index (χ0v) is 30.1. The first-order chi connectivity index (χ1) is 27.3. The molecule has 2 nitrogen and oxygen atoms in total. The fourth-order valence-corrected chi connectivity index (χ4v) is 9.10. The van der Waals surface area contributed by atoms with E-state index in [0.29, 0.717) is 0 Å². The van der Waals surface area contributed by atoms with E-state index in [9.17, 15) is 0 Å². The molecule has 258 valence electrons. The highest BCUT2D eigenvalue weighted by Gasteiger charge is 2.53. The van der Waals surface area contributed by atoms with E-state index in [1.807, 2.05) is 0 Å². The summed E-state index contributed by atoms with van der Waals surface area (Å²) in [6.45, 7) is 0. The highest BCUT2D eigenvalue weighted by Crippen LogP contribution is 2.65. The van der Waals surface area contributed by atoms with Crippen LogP contribution in [0.1, 0.15) is 22.3 Å². The first-order valence-electron chi connectivity index (χ1n) is 18.9. The number of benzene rings is 9. The third-order valence-electron chi connectivity index (χ3n) is 11.5. The molecule has 0 saturated heterocycles. The van der Waals surface area contributed by atoms with E-state index in [2.05, 4.69) is 217 Å². The van der Waals surface area contributed by atoms with Crippen molar-refractivity contribution in [3.05, 3.63) is 235 Å². The van der Waals surface area contributed by atoms with Crippen LogP contribution in [0.5, 0.6) is 11.5 Å². The van der Waals surface area contributed by atoms with Gasteiger partial charge in [0.2, 0.25) is 0 Å². The Morgan fingerprint density at radius 3 is 1.51 bits per heavy atom. The van der Waals surface area contributed by atoms with Crippen LogP contribution in [0, 0.1) is 0 Å². The largest absolute Gasteiger partial charge is 0.457 e. The van der Waals surface area contributed by atoms with Gasteiger partial charge >= 0.3 is 0 Å². The van der Waals surface area contributed by atoms with Crippen molar-refractivity contribution in [2.24, 2.45) is 0 Å². The van der Waals surface area contributed by atoms with Gasteiger partial charge in [-0.1, -0.05) is 164 Å². The van der Waals surface area contributed by atoms with Gasteiger partial charge in [0.25, 0.3) is 0 Å². The Morgan fingerprint density at radius 1 is 0.345 bits per heavy atom. The Balaban J connectivity index is 1.21. The molecule has 55 heavy (non-hydrogen) atoms. The lowest BCUT2D eigenvalue weighted by atomic mass is 9.65. The van der Waals surface area contributed by atoms with Gasteiger partial charge in [-0.05, 0) is 98.2 Å². The number of ether oxygens (including phenoxy) is 1. The summed E-state index contributed by atoms with van der Waals surface area (Å²) in [6, 6.07) is 76.9. The number of para-hydroxylation sites is 1. The van der Waals surface area contributed by atoms with Crippen LogP contribution in [0.2, 0.25) is 0 Å². The maximum Gasteiger partial charge on any atom is 0.132 e. The molecule has 1 heterocycles. The Labute approximate surface area is 321 Å².